The maximum Gasteiger partial charge on any atom is 0.243 e. The van der Waals surface area contributed by atoms with Gasteiger partial charge in [-0.2, -0.15) is 0 Å². The Balaban J connectivity index is 1.57. The number of nitrogens with zero attached hydrogens (tertiary/aromatic N) is 1. The van der Waals surface area contributed by atoms with E-state index in [1.165, 1.54) is 0 Å². The van der Waals surface area contributed by atoms with Gasteiger partial charge in [0.2, 0.25) is 11.8 Å². The van der Waals surface area contributed by atoms with Gasteiger partial charge in [-0.3, -0.25) is 9.59 Å². The van der Waals surface area contributed by atoms with Crippen LogP contribution in [0, 0.1) is 6.92 Å². The summed E-state index contributed by atoms with van der Waals surface area (Å²) >= 11 is 0. The standard InChI is InChI=1S/C21H28N2O4/c1-14-5-6-18-16(12-14)17(13-21(27-18)7-10-26-11-8-21)22-20(25)15(2)23-9-3-4-19(23)24/h5-6,12,15,17H,3-4,7-11,13H2,1-2H3,(H,22,25)/t15-,17-/m0/s1. The highest BCUT2D eigenvalue weighted by molar-refractivity contribution is 5.88. The number of amides is 2. The molecule has 27 heavy (non-hydrogen) atoms. The quantitative estimate of drug-likeness (QED) is 0.885. The molecule has 4 rings (SSSR count). The number of nitrogens with one attached hydrogen (secondary N) is 1. The lowest BCUT2D eigenvalue weighted by atomic mass is 9.81. The normalized spacial score (nSPS) is 25.0. The Labute approximate surface area is 160 Å². The van der Waals surface area contributed by atoms with Crippen LogP contribution in [0.25, 0.3) is 0 Å². The van der Waals surface area contributed by atoms with Crippen LogP contribution < -0.4 is 10.1 Å². The van der Waals surface area contributed by atoms with Crippen molar-refractivity contribution in [3.05, 3.63) is 29.3 Å². The van der Waals surface area contributed by atoms with Crippen LogP contribution in [0.15, 0.2) is 18.2 Å². The van der Waals surface area contributed by atoms with Gasteiger partial charge in [-0.25, -0.2) is 0 Å². The predicted molar refractivity (Wildman–Crippen MR) is 101 cm³/mol. The zero-order chi connectivity index (χ0) is 19.0. The van der Waals surface area contributed by atoms with E-state index < -0.39 is 6.04 Å². The molecule has 0 radical (unpaired) electrons. The number of aryl methyl sites for hydroxylation is 1. The first-order valence-corrected chi connectivity index (χ1v) is 9.95. The molecule has 2 fully saturated rings. The third kappa shape index (κ3) is 3.55. The SMILES string of the molecule is Cc1ccc2c(c1)[C@@H](NC(=O)[C@H](C)N1CCCC1=O)CC1(CCOCC1)O2. The Morgan fingerprint density at radius 1 is 1.33 bits per heavy atom. The first-order valence-electron chi connectivity index (χ1n) is 9.95. The minimum Gasteiger partial charge on any atom is -0.487 e. The lowest BCUT2D eigenvalue weighted by Crippen LogP contribution is -2.51. The number of fused-ring (bicyclic) bond motifs is 1. The number of hydrogen-bond donors (Lipinski definition) is 1. The highest BCUT2D eigenvalue weighted by Gasteiger charge is 2.43. The average Bonchev–Trinajstić information content (AvgIpc) is 3.08. The Bertz CT molecular complexity index is 742. The van der Waals surface area contributed by atoms with Gasteiger partial charge >= 0.3 is 0 Å². The van der Waals surface area contributed by atoms with Gasteiger partial charge in [-0.1, -0.05) is 17.7 Å². The minimum absolute atomic E-state index is 0.0711. The number of hydrogen-bond acceptors (Lipinski definition) is 4. The molecular weight excluding hydrogens is 344 g/mol. The summed E-state index contributed by atoms with van der Waals surface area (Å²) in [5, 5.41) is 3.22. The predicted octanol–water partition coefficient (Wildman–Crippen LogP) is 2.49. The number of ether oxygens (including phenoxy) is 2. The van der Waals surface area contributed by atoms with E-state index in [1.807, 2.05) is 26.0 Å². The Morgan fingerprint density at radius 2 is 2.11 bits per heavy atom. The van der Waals surface area contributed by atoms with Crippen molar-refractivity contribution < 1.29 is 19.1 Å². The number of carbonyl (C=O) groups excluding carboxylic acids is 2. The maximum absolute atomic E-state index is 12.9. The van der Waals surface area contributed by atoms with Crippen molar-refractivity contribution in [2.45, 2.75) is 63.6 Å². The summed E-state index contributed by atoms with van der Waals surface area (Å²) in [4.78, 5) is 26.6. The second kappa shape index (κ2) is 7.15. The van der Waals surface area contributed by atoms with Gasteiger partial charge in [-0.15, -0.1) is 0 Å². The molecule has 2 amide bonds. The van der Waals surface area contributed by atoms with Crippen molar-refractivity contribution in [1.82, 2.24) is 10.2 Å². The second-order valence-corrected chi connectivity index (χ2v) is 8.07. The van der Waals surface area contributed by atoms with Gasteiger partial charge in [0, 0.05) is 37.8 Å². The molecule has 3 aliphatic rings. The molecule has 1 aromatic rings. The summed E-state index contributed by atoms with van der Waals surface area (Å²) in [6.45, 7) is 5.89. The summed E-state index contributed by atoms with van der Waals surface area (Å²) in [7, 11) is 0. The van der Waals surface area contributed by atoms with Crippen LogP contribution in [0.3, 0.4) is 0 Å². The van der Waals surface area contributed by atoms with E-state index in [4.69, 9.17) is 9.47 Å². The molecule has 146 valence electrons. The molecule has 6 nitrogen and oxygen atoms in total. The van der Waals surface area contributed by atoms with Gasteiger partial charge in [0.25, 0.3) is 0 Å². The molecule has 1 aromatic carbocycles. The highest BCUT2D eigenvalue weighted by atomic mass is 16.5. The molecule has 1 spiro atoms. The first-order chi connectivity index (χ1) is 13.0. The molecule has 3 aliphatic heterocycles. The van der Waals surface area contributed by atoms with E-state index in [1.54, 1.807) is 4.90 Å². The van der Waals surface area contributed by atoms with Crippen molar-refractivity contribution in [2.75, 3.05) is 19.8 Å². The summed E-state index contributed by atoms with van der Waals surface area (Å²) in [6.07, 6.45) is 3.76. The minimum atomic E-state index is -0.443. The first kappa shape index (κ1) is 18.3. The fourth-order valence-electron chi connectivity index (χ4n) is 4.48. The van der Waals surface area contributed by atoms with Crippen molar-refractivity contribution >= 4 is 11.8 Å². The highest BCUT2D eigenvalue weighted by Crippen LogP contribution is 2.44. The monoisotopic (exact) mass is 372 g/mol. The maximum atomic E-state index is 12.9. The Hall–Kier alpha value is -2.08. The average molecular weight is 372 g/mol. The van der Waals surface area contributed by atoms with Gasteiger partial charge in [0.15, 0.2) is 0 Å². The number of benzene rings is 1. The van der Waals surface area contributed by atoms with E-state index in [-0.39, 0.29) is 23.5 Å². The van der Waals surface area contributed by atoms with Crippen molar-refractivity contribution in [3.63, 3.8) is 0 Å². The van der Waals surface area contributed by atoms with E-state index in [9.17, 15) is 9.59 Å². The van der Waals surface area contributed by atoms with Gasteiger partial charge in [-0.05, 0) is 26.3 Å². The Morgan fingerprint density at radius 3 is 2.81 bits per heavy atom. The fourth-order valence-corrected chi connectivity index (χ4v) is 4.48. The van der Waals surface area contributed by atoms with Crippen molar-refractivity contribution in [2.24, 2.45) is 0 Å². The van der Waals surface area contributed by atoms with Crippen LogP contribution in [-0.2, 0) is 14.3 Å². The van der Waals surface area contributed by atoms with Crippen LogP contribution in [0.4, 0.5) is 0 Å². The topological polar surface area (TPSA) is 67.9 Å². The molecule has 0 aliphatic carbocycles. The van der Waals surface area contributed by atoms with Crippen LogP contribution in [0.2, 0.25) is 0 Å². The summed E-state index contributed by atoms with van der Waals surface area (Å²) in [5.41, 5.74) is 1.88. The molecule has 0 aromatic heterocycles. The molecule has 6 heteroatoms. The lowest BCUT2D eigenvalue weighted by molar-refractivity contribution is -0.137. The van der Waals surface area contributed by atoms with Crippen molar-refractivity contribution in [3.8, 4) is 5.75 Å². The molecule has 2 atom stereocenters. The van der Waals surface area contributed by atoms with Gasteiger partial charge in [0.05, 0.1) is 19.3 Å². The summed E-state index contributed by atoms with van der Waals surface area (Å²) in [6, 6.07) is 5.59. The smallest absolute Gasteiger partial charge is 0.243 e. The molecule has 0 saturated carbocycles. The fraction of sp³-hybridized carbons (Fsp3) is 0.619. The largest absolute Gasteiger partial charge is 0.487 e. The van der Waals surface area contributed by atoms with E-state index >= 15 is 0 Å². The molecule has 0 bridgehead atoms. The molecule has 2 saturated heterocycles. The van der Waals surface area contributed by atoms with Crippen molar-refractivity contribution in [1.29, 1.82) is 0 Å². The van der Waals surface area contributed by atoms with Gasteiger partial charge in [0.1, 0.15) is 17.4 Å². The third-order valence-corrected chi connectivity index (χ3v) is 6.12. The van der Waals surface area contributed by atoms with Crippen LogP contribution in [0.1, 0.15) is 56.2 Å². The summed E-state index contributed by atoms with van der Waals surface area (Å²) < 4.78 is 11.9. The molecule has 1 N–H and O–H groups in total. The number of likely N-dealkylation sites (tertiary alicyclic amines) is 1. The van der Waals surface area contributed by atoms with Crippen LogP contribution in [0.5, 0.6) is 5.75 Å². The van der Waals surface area contributed by atoms with Gasteiger partial charge < -0.3 is 19.7 Å². The molecular formula is C21H28N2O4. The number of carbonyl (C=O) groups is 2. The third-order valence-electron chi connectivity index (χ3n) is 6.12. The Kier molecular flexibility index (Phi) is 4.84. The number of rotatable bonds is 3. The van der Waals surface area contributed by atoms with E-state index in [0.717, 1.165) is 42.6 Å². The summed E-state index contributed by atoms with van der Waals surface area (Å²) in [5.74, 6) is 0.831. The lowest BCUT2D eigenvalue weighted by Gasteiger charge is -2.44. The van der Waals surface area contributed by atoms with Crippen LogP contribution in [-0.4, -0.2) is 48.1 Å². The van der Waals surface area contributed by atoms with E-state index in [0.29, 0.717) is 26.2 Å². The molecule has 0 unspecified atom stereocenters. The van der Waals surface area contributed by atoms with E-state index in [2.05, 4.69) is 11.4 Å². The second-order valence-electron chi connectivity index (χ2n) is 8.07. The van der Waals surface area contributed by atoms with Crippen LogP contribution >= 0.6 is 0 Å². The zero-order valence-electron chi connectivity index (χ0n) is 16.1. The molecule has 3 heterocycles. The zero-order valence-corrected chi connectivity index (χ0v) is 16.1.